The molecule has 0 radical (unpaired) electrons. The van der Waals surface area contributed by atoms with Crippen LogP contribution in [0.2, 0.25) is 5.02 Å². The molecule has 1 aliphatic rings. The van der Waals surface area contributed by atoms with Crippen LogP contribution in [-0.4, -0.2) is 32.4 Å². The van der Waals surface area contributed by atoms with Gasteiger partial charge < -0.3 is 10.5 Å². The van der Waals surface area contributed by atoms with Crippen LogP contribution < -0.4 is 5.73 Å². The third-order valence-corrected chi connectivity index (χ3v) is 7.05. The van der Waals surface area contributed by atoms with Gasteiger partial charge in [0.25, 0.3) is 0 Å². The molecule has 2 aromatic carbocycles. The molecule has 24 heavy (non-hydrogen) atoms. The molecule has 6 heteroatoms. The van der Waals surface area contributed by atoms with Gasteiger partial charge in [-0.05, 0) is 36.8 Å². The quantitative estimate of drug-likeness (QED) is 0.854. The van der Waals surface area contributed by atoms with Crippen molar-refractivity contribution in [1.82, 2.24) is 0 Å². The lowest BCUT2D eigenvalue weighted by Crippen LogP contribution is -2.36. The molecular formula is C18H20ClNO3S. The van der Waals surface area contributed by atoms with Crippen molar-refractivity contribution in [2.75, 3.05) is 13.2 Å². The molecule has 0 saturated heterocycles. The molecule has 3 rings (SSSR count). The zero-order valence-corrected chi connectivity index (χ0v) is 14.9. The Morgan fingerprint density at radius 3 is 2.33 bits per heavy atom. The molecule has 2 N–H and O–H groups in total. The Hall–Kier alpha value is -1.40. The van der Waals surface area contributed by atoms with E-state index in [2.05, 4.69) is 0 Å². The molecule has 4 nitrogen and oxygen atoms in total. The minimum atomic E-state index is -3.55. The van der Waals surface area contributed by atoms with Crippen molar-refractivity contribution in [2.24, 2.45) is 5.73 Å². The first-order valence-electron chi connectivity index (χ1n) is 7.82. The van der Waals surface area contributed by atoms with Gasteiger partial charge in [0, 0.05) is 17.5 Å². The van der Waals surface area contributed by atoms with Gasteiger partial charge in [0.2, 0.25) is 0 Å². The predicted molar refractivity (Wildman–Crippen MR) is 95.0 cm³/mol. The Kier molecular flexibility index (Phi) is 4.71. The highest BCUT2D eigenvalue weighted by Crippen LogP contribution is 2.55. The van der Waals surface area contributed by atoms with Crippen LogP contribution >= 0.6 is 11.6 Å². The summed E-state index contributed by atoms with van der Waals surface area (Å²) in [5.41, 5.74) is 6.41. The first-order chi connectivity index (χ1) is 11.4. The van der Waals surface area contributed by atoms with E-state index in [4.69, 9.17) is 22.1 Å². The van der Waals surface area contributed by atoms with Crippen molar-refractivity contribution >= 4 is 21.4 Å². The van der Waals surface area contributed by atoms with Crippen molar-refractivity contribution < 1.29 is 13.2 Å². The lowest BCUT2D eigenvalue weighted by Gasteiger charge is -2.12. The second-order valence-corrected chi connectivity index (χ2v) is 8.56. The number of nitrogens with two attached hydrogens (primary N) is 1. The average molecular weight is 366 g/mol. The molecule has 0 amide bonds. The summed E-state index contributed by atoms with van der Waals surface area (Å²) >= 11 is 5.94. The zero-order chi connectivity index (χ0) is 17.4. The fraction of sp³-hybridized carbons (Fsp3) is 0.333. The normalized spacial score (nSPS) is 26.3. The highest BCUT2D eigenvalue weighted by molar-refractivity contribution is 7.92. The number of hydrogen-bond acceptors (Lipinski definition) is 4. The largest absolute Gasteiger partial charge is 0.380 e. The minimum absolute atomic E-state index is 0.202. The van der Waals surface area contributed by atoms with E-state index in [9.17, 15) is 8.42 Å². The molecule has 1 saturated carbocycles. The molecule has 0 bridgehead atoms. The Labute approximate surface area is 147 Å². The molecule has 3 atom stereocenters. The van der Waals surface area contributed by atoms with Gasteiger partial charge in [-0.25, -0.2) is 8.42 Å². The summed E-state index contributed by atoms with van der Waals surface area (Å²) in [5.74, 6) is -0.313. The van der Waals surface area contributed by atoms with Crippen LogP contribution in [0, 0.1) is 0 Å². The second-order valence-electron chi connectivity index (χ2n) is 6.06. The molecule has 128 valence electrons. The first-order valence-corrected chi connectivity index (χ1v) is 9.74. The van der Waals surface area contributed by atoms with E-state index in [0.717, 1.165) is 5.56 Å². The molecule has 1 fully saturated rings. The summed E-state index contributed by atoms with van der Waals surface area (Å²) in [5, 5.41) is -0.102. The van der Waals surface area contributed by atoms with Gasteiger partial charge in [0.1, 0.15) is 0 Å². The Morgan fingerprint density at radius 2 is 1.75 bits per heavy atom. The predicted octanol–water partition coefficient (Wildman–Crippen LogP) is 3.01. The molecule has 2 aromatic rings. The van der Waals surface area contributed by atoms with Crippen LogP contribution in [0.4, 0.5) is 0 Å². The third-order valence-electron chi connectivity index (χ3n) is 4.49. The van der Waals surface area contributed by atoms with Gasteiger partial charge in [-0.3, -0.25) is 0 Å². The van der Waals surface area contributed by atoms with Gasteiger partial charge in [-0.15, -0.1) is 0 Å². The smallest absolute Gasteiger partial charge is 0.183 e. The summed E-state index contributed by atoms with van der Waals surface area (Å²) < 4.78 is 31.6. The van der Waals surface area contributed by atoms with E-state index in [-0.39, 0.29) is 17.4 Å². The summed E-state index contributed by atoms with van der Waals surface area (Å²) in [6, 6.07) is 15.6. The van der Waals surface area contributed by atoms with Crippen LogP contribution in [0.15, 0.2) is 59.5 Å². The Morgan fingerprint density at radius 1 is 1.12 bits per heavy atom. The van der Waals surface area contributed by atoms with Crippen LogP contribution in [0.3, 0.4) is 0 Å². The molecule has 0 spiro atoms. The summed E-state index contributed by atoms with van der Waals surface area (Å²) in [6.07, 6.45) is 0. The molecular weight excluding hydrogens is 346 g/mol. The lowest BCUT2D eigenvalue weighted by molar-refractivity contribution is 0.125. The van der Waals surface area contributed by atoms with Gasteiger partial charge in [-0.2, -0.15) is 0 Å². The van der Waals surface area contributed by atoms with E-state index < -0.39 is 20.6 Å². The van der Waals surface area contributed by atoms with Crippen LogP contribution in [0.1, 0.15) is 18.4 Å². The fourth-order valence-electron chi connectivity index (χ4n) is 3.25. The number of hydrogen-bond donors (Lipinski definition) is 1. The number of ether oxygens (including phenoxy) is 1. The number of halogens is 1. The summed E-state index contributed by atoms with van der Waals surface area (Å²) in [4.78, 5) is 0.290. The van der Waals surface area contributed by atoms with Crippen LogP contribution in [-0.2, 0) is 14.6 Å². The van der Waals surface area contributed by atoms with Crippen molar-refractivity contribution in [3.8, 4) is 0 Å². The average Bonchev–Trinajstić information content (AvgIpc) is 3.21. The van der Waals surface area contributed by atoms with Crippen LogP contribution in [0.5, 0.6) is 0 Å². The van der Waals surface area contributed by atoms with Crippen molar-refractivity contribution in [3.05, 3.63) is 65.2 Å². The number of rotatable bonds is 6. The first kappa shape index (κ1) is 17.4. The highest BCUT2D eigenvalue weighted by atomic mass is 35.5. The topological polar surface area (TPSA) is 69.4 Å². The second kappa shape index (κ2) is 6.48. The SMILES string of the molecule is CCOC[C@@]1(N)[C@H](c2ccc(Cl)cc2)[C@@H]1S(=O)(=O)c1ccccc1. The van der Waals surface area contributed by atoms with Crippen LogP contribution in [0.25, 0.3) is 0 Å². The highest BCUT2D eigenvalue weighted by Gasteiger charge is 2.69. The maximum Gasteiger partial charge on any atom is 0.183 e. The van der Waals surface area contributed by atoms with Crippen molar-refractivity contribution in [2.45, 2.75) is 28.5 Å². The van der Waals surface area contributed by atoms with E-state index in [1.807, 2.05) is 19.1 Å². The third kappa shape index (κ3) is 2.97. The monoisotopic (exact) mass is 365 g/mol. The standard InChI is InChI=1S/C18H20ClNO3S/c1-2-23-12-18(20)16(13-8-10-14(19)11-9-13)17(18)24(21,22)15-6-4-3-5-7-15/h3-11,16-17H,2,12,20H2,1H3/t16-,17+,18-/m1/s1. The van der Waals surface area contributed by atoms with E-state index in [1.165, 1.54) is 0 Å². The van der Waals surface area contributed by atoms with E-state index >= 15 is 0 Å². The van der Waals surface area contributed by atoms with Gasteiger partial charge >= 0.3 is 0 Å². The number of benzene rings is 2. The van der Waals surface area contributed by atoms with Gasteiger partial charge in [-0.1, -0.05) is 41.9 Å². The molecule has 0 heterocycles. The molecule has 0 aliphatic heterocycles. The lowest BCUT2D eigenvalue weighted by atomic mass is 10.1. The Balaban J connectivity index is 1.99. The molecule has 0 aromatic heterocycles. The van der Waals surface area contributed by atoms with Gasteiger partial charge in [0.15, 0.2) is 9.84 Å². The van der Waals surface area contributed by atoms with Gasteiger partial charge in [0.05, 0.1) is 22.3 Å². The van der Waals surface area contributed by atoms with Crippen molar-refractivity contribution in [1.29, 1.82) is 0 Å². The van der Waals surface area contributed by atoms with E-state index in [0.29, 0.717) is 11.6 Å². The zero-order valence-electron chi connectivity index (χ0n) is 13.4. The Bertz CT molecular complexity index is 808. The maximum absolute atomic E-state index is 13.1. The minimum Gasteiger partial charge on any atom is -0.380 e. The fourth-order valence-corrected chi connectivity index (χ4v) is 5.69. The molecule has 0 unspecified atom stereocenters. The summed E-state index contributed by atoms with van der Waals surface area (Å²) in [6.45, 7) is 2.56. The molecule has 1 aliphatic carbocycles. The number of sulfone groups is 1. The summed E-state index contributed by atoms with van der Waals surface area (Å²) in [7, 11) is -3.55. The van der Waals surface area contributed by atoms with Crippen molar-refractivity contribution in [3.63, 3.8) is 0 Å². The van der Waals surface area contributed by atoms with E-state index in [1.54, 1.807) is 42.5 Å². The maximum atomic E-state index is 13.1.